The van der Waals surface area contributed by atoms with Gasteiger partial charge >= 0.3 is 0 Å². The molecule has 0 unspecified atom stereocenters. The van der Waals surface area contributed by atoms with Crippen LogP contribution in [0, 0.1) is 11.3 Å². The van der Waals surface area contributed by atoms with E-state index in [1.54, 1.807) is 24.3 Å². The molecule has 74 valence electrons. The number of hydrogen-bond donors (Lipinski definition) is 1. The number of rotatable bonds is 1. The Bertz CT molecular complexity index is 557. The zero-order valence-electron chi connectivity index (χ0n) is 8.19. The molecule has 2 aromatic rings. The number of fused-ring (bicyclic) bond motifs is 1. The molecular formula is C11H9N3O. The van der Waals surface area contributed by atoms with Crippen molar-refractivity contribution in [2.24, 2.45) is 0 Å². The molecular weight excluding hydrogens is 190 g/mol. The van der Waals surface area contributed by atoms with Crippen LogP contribution in [0.3, 0.4) is 0 Å². The van der Waals surface area contributed by atoms with Crippen molar-refractivity contribution in [3.63, 3.8) is 0 Å². The van der Waals surface area contributed by atoms with Gasteiger partial charge in [-0.3, -0.25) is 0 Å². The first-order valence-corrected chi connectivity index (χ1v) is 4.39. The first-order valence-electron chi connectivity index (χ1n) is 4.39. The van der Waals surface area contributed by atoms with Crippen LogP contribution < -0.4 is 10.5 Å². The third-order valence-electron chi connectivity index (χ3n) is 2.12. The van der Waals surface area contributed by atoms with E-state index in [4.69, 9.17) is 15.7 Å². The van der Waals surface area contributed by atoms with Gasteiger partial charge < -0.3 is 10.5 Å². The standard InChI is InChI=1S/C11H9N3O/c1-15-11-8(6-12)4-7-5-9(13)2-3-10(7)14-11/h2-5H,13H2,1H3. The Balaban J connectivity index is 2.77. The molecule has 4 heteroatoms. The van der Waals surface area contributed by atoms with Gasteiger partial charge in [0.05, 0.1) is 12.6 Å². The summed E-state index contributed by atoms with van der Waals surface area (Å²) in [6, 6.07) is 9.09. The molecule has 0 radical (unpaired) electrons. The third-order valence-corrected chi connectivity index (χ3v) is 2.12. The monoisotopic (exact) mass is 199 g/mol. The van der Waals surface area contributed by atoms with Crippen molar-refractivity contribution in [1.82, 2.24) is 4.98 Å². The minimum Gasteiger partial charge on any atom is -0.480 e. The van der Waals surface area contributed by atoms with E-state index in [1.807, 2.05) is 6.07 Å². The first kappa shape index (κ1) is 9.28. The first-order chi connectivity index (χ1) is 7.24. The summed E-state index contributed by atoms with van der Waals surface area (Å²) in [6.07, 6.45) is 0. The smallest absolute Gasteiger partial charge is 0.231 e. The third kappa shape index (κ3) is 1.55. The molecule has 15 heavy (non-hydrogen) atoms. The van der Waals surface area contributed by atoms with Gasteiger partial charge in [-0.25, -0.2) is 4.98 Å². The largest absolute Gasteiger partial charge is 0.480 e. The Hall–Kier alpha value is -2.28. The average molecular weight is 199 g/mol. The van der Waals surface area contributed by atoms with Crippen LogP contribution in [0.25, 0.3) is 10.9 Å². The summed E-state index contributed by atoms with van der Waals surface area (Å²) in [5.74, 6) is 0.342. The van der Waals surface area contributed by atoms with Crippen LogP contribution in [-0.4, -0.2) is 12.1 Å². The second-order valence-electron chi connectivity index (χ2n) is 3.11. The van der Waals surface area contributed by atoms with Gasteiger partial charge in [-0.2, -0.15) is 5.26 Å². The molecule has 1 aromatic heterocycles. The molecule has 0 aliphatic carbocycles. The van der Waals surface area contributed by atoms with Crippen molar-refractivity contribution in [1.29, 1.82) is 5.26 Å². The van der Waals surface area contributed by atoms with E-state index < -0.39 is 0 Å². The molecule has 2 N–H and O–H groups in total. The quantitative estimate of drug-likeness (QED) is 0.709. The van der Waals surface area contributed by atoms with Gasteiger partial charge in [0, 0.05) is 11.1 Å². The fraction of sp³-hybridized carbons (Fsp3) is 0.0909. The average Bonchev–Trinajstić information content (AvgIpc) is 2.27. The fourth-order valence-electron chi connectivity index (χ4n) is 1.41. The predicted molar refractivity (Wildman–Crippen MR) is 57.4 cm³/mol. The van der Waals surface area contributed by atoms with Crippen LogP contribution in [0.1, 0.15) is 5.56 Å². The van der Waals surface area contributed by atoms with E-state index in [2.05, 4.69) is 4.98 Å². The van der Waals surface area contributed by atoms with Crippen LogP contribution in [-0.2, 0) is 0 Å². The number of anilines is 1. The number of nitrogen functional groups attached to an aromatic ring is 1. The van der Waals surface area contributed by atoms with Gasteiger partial charge in [0.2, 0.25) is 5.88 Å². The van der Waals surface area contributed by atoms with Gasteiger partial charge in [0.15, 0.2) is 0 Å². The maximum Gasteiger partial charge on any atom is 0.231 e. The minimum atomic E-state index is 0.342. The number of pyridine rings is 1. The van der Waals surface area contributed by atoms with Crippen molar-refractivity contribution in [2.75, 3.05) is 12.8 Å². The Morgan fingerprint density at radius 1 is 1.40 bits per heavy atom. The molecule has 0 atom stereocenters. The second kappa shape index (κ2) is 3.46. The van der Waals surface area contributed by atoms with Crippen LogP contribution in [0.2, 0.25) is 0 Å². The molecule has 0 saturated heterocycles. The maximum absolute atomic E-state index is 8.88. The lowest BCUT2D eigenvalue weighted by atomic mass is 10.1. The summed E-state index contributed by atoms with van der Waals surface area (Å²) >= 11 is 0. The van der Waals surface area contributed by atoms with E-state index in [9.17, 15) is 0 Å². The molecule has 2 rings (SSSR count). The van der Waals surface area contributed by atoms with Crippen molar-refractivity contribution in [3.8, 4) is 11.9 Å². The summed E-state index contributed by atoms with van der Waals surface area (Å²) in [5, 5.41) is 9.72. The van der Waals surface area contributed by atoms with Crippen LogP contribution in [0.5, 0.6) is 5.88 Å². The molecule has 4 nitrogen and oxygen atoms in total. The summed E-state index contributed by atoms with van der Waals surface area (Å²) < 4.78 is 5.01. The van der Waals surface area contributed by atoms with E-state index in [1.165, 1.54) is 7.11 Å². The predicted octanol–water partition coefficient (Wildman–Crippen LogP) is 1.70. The molecule has 0 aliphatic rings. The molecule has 1 heterocycles. The van der Waals surface area contributed by atoms with Crippen molar-refractivity contribution >= 4 is 16.6 Å². The van der Waals surface area contributed by atoms with E-state index in [0.29, 0.717) is 17.1 Å². The van der Waals surface area contributed by atoms with E-state index in [-0.39, 0.29) is 0 Å². The Morgan fingerprint density at radius 2 is 2.20 bits per heavy atom. The molecule has 1 aromatic carbocycles. The SMILES string of the molecule is COc1nc2ccc(N)cc2cc1C#N. The number of nitrogens with two attached hydrogens (primary N) is 1. The van der Waals surface area contributed by atoms with Gasteiger partial charge in [0.25, 0.3) is 0 Å². The van der Waals surface area contributed by atoms with Gasteiger partial charge in [-0.05, 0) is 24.3 Å². The number of benzene rings is 1. The number of aromatic nitrogens is 1. The lowest BCUT2D eigenvalue weighted by molar-refractivity contribution is 0.398. The highest BCUT2D eigenvalue weighted by molar-refractivity contribution is 5.83. The summed E-state index contributed by atoms with van der Waals surface area (Å²) in [5.41, 5.74) is 7.47. The van der Waals surface area contributed by atoms with E-state index in [0.717, 1.165) is 10.9 Å². The van der Waals surface area contributed by atoms with Crippen molar-refractivity contribution < 1.29 is 4.74 Å². The minimum absolute atomic E-state index is 0.342. The molecule has 0 fully saturated rings. The van der Waals surface area contributed by atoms with Crippen LogP contribution >= 0.6 is 0 Å². The number of nitriles is 1. The number of nitrogens with zero attached hydrogens (tertiary/aromatic N) is 2. The second-order valence-corrected chi connectivity index (χ2v) is 3.11. The van der Waals surface area contributed by atoms with Gasteiger partial charge in [-0.1, -0.05) is 0 Å². The van der Waals surface area contributed by atoms with Crippen molar-refractivity contribution in [3.05, 3.63) is 29.8 Å². The zero-order chi connectivity index (χ0) is 10.8. The Labute approximate surface area is 86.9 Å². The van der Waals surface area contributed by atoms with E-state index >= 15 is 0 Å². The Morgan fingerprint density at radius 3 is 2.87 bits per heavy atom. The summed E-state index contributed by atoms with van der Waals surface area (Å²) in [4.78, 5) is 4.21. The summed E-state index contributed by atoms with van der Waals surface area (Å²) in [6.45, 7) is 0. The van der Waals surface area contributed by atoms with Crippen LogP contribution in [0.4, 0.5) is 5.69 Å². The Kier molecular flexibility index (Phi) is 2.14. The molecule has 0 aliphatic heterocycles. The zero-order valence-corrected chi connectivity index (χ0v) is 8.19. The lowest BCUT2D eigenvalue weighted by Crippen LogP contribution is -1.93. The summed E-state index contributed by atoms with van der Waals surface area (Å²) in [7, 11) is 1.49. The van der Waals surface area contributed by atoms with Gasteiger partial charge in [0.1, 0.15) is 11.6 Å². The topological polar surface area (TPSA) is 71.9 Å². The molecule has 0 bridgehead atoms. The fourth-order valence-corrected chi connectivity index (χ4v) is 1.41. The van der Waals surface area contributed by atoms with Crippen molar-refractivity contribution in [2.45, 2.75) is 0 Å². The highest BCUT2D eigenvalue weighted by atomic mass is 16.5. The maximum atomic E-state index is 8.88. The number of methoxy groups -OCH3 is 1. The molecule has 0 spiro atoms. The van der Waals surface area contributed by atoms with Gasteiger partial charge in [-0.15, -0.1) is 0 Å². The normalized spacial score (nSPS) is 9.87. The highest BCUT2D eigenvalue weighted by Gasteiger charge is 2.06. The number of hydrogen-bond acceptors (Lipinski definition) is 4. The lowest BCUT2D eigenvalue weighted by Gasteiger charge is -2.04. The number of ether oxygens (including phenoxy) is 1. The molecule has 0 saturated carbocycles. The molecule has 0 amide bonds. The highest BCUT2D eigenvalue weighted by Crippen LogP contribution is 2.22. The van der Waals surface area contributed by atoms with Crippen LogP contribution in [0.15, 0.2) is 24.3 Å².